The topological polar surface area (TPSA) is 78.8 Å². The van der Waals surface area contributed by atoms with Gasteiger partial charge in [0.2, 0.25) is 5.91 Å². The van der Waals surface area contributed by atoms with Gasteiger partial charge in [-0.1, -0.05) is 30.7 Å². The highest BCUT2D eigenvalue weighted by molar-refractivity contribution is 7.71. The Labute approximate surface area is 185 Å². The van der Waals surface area contributed by atoms with E-state index in [1.54, 1.807) is 4.57 Å². The SMILES string of the molecule is Cc1cccc(-c2n[nH]c(=S)n2CC(=O)Nc2nc(CN3CCC[C@H](C)C3)cs2)c1. The van der Waals surface area contributed by atoms with Crippen LogP contribution < -0.4 is 5.32 Å². The lowest BCUT2D eigenvalue weighted by Crippen LogP contribution is -2.33. The molecule has 0 saturated carbocycles. The predicted octanol–water partition coefficient (Wildman–Crippen LogP) is 4.24. The van der Waals surface area contributed by atoms with Crippen LogP contribution in [-0.4, -0.2) is 43.6 Å². The lowest BCUT2D eigenvalue weighted by molar-refractivity contribution is -0.116. The van der Waals surface area contributed by atoms with Gasteiger partial charge in [-0.15, -0.1) is 11.3 Å². The van der Waals surface area contributed by atoms with E-state index < -0.39 is 0 Å². The van der Waals surface area contributed by atoms with Gasteiger partial charge in [-0.25, -0.2) is 4.98 Å². The molecule has 1 amide bonds. The average molecular weight is 443 g/mol. The van der Waals surface area contributed by atoms with E-state index in [-0.39, 0.29) is 12.5 Å². The van der Waals surface area contributed by atoms with E-state index in [4.69, 9.17) is 12.2 Å². The fourth-order valence-corrected chi connectivity index (χ4v) is 4.78. The number of likely N-dealkylation sites (tertiary alicyclic amines) is 1. The second-order valence-electron chi connectivity index (χ2n) is 7.98. The minimum Gasteiger partial charge on any atom is -0.300 e. The molecule has 30 heavy (non-hydrogen) atoms. The number of carbonyl (C=O) groups excluding carboxylic acids is 1. The van der Waals surface area contributed by atoms with Crippen molar-refractivity contribution >= 4 is 34.6 Å². The summed E-state index contributed by atoms with van der Waals surface area (Å²) in [7, 11) is 0. The Bertz CT molecular complexity index is 1090. The number of nitrogens with zero attached hydrogens (tertiary/aromatic N) is 4. The second-order valence-corrected chi connectivity index (χ2v) is 9.23. The summed E-state index contributed by atoms with van der Waals surface area (Å²) >= 11 is 6.80. The van der Waals surface area contributed by atoms with Crippen molar-refractivity contribution in [3.8, 4) is 11.4 Å². The quantitative estimate of drug-likeness (QED) is 0.558. The average Bonchev–Trinajstić information content (AvgIpc) is 3.28. The number of aryl methyl sites for hydroxylation is 1. The van der Waals surface area contributed by atoms with Crippen LogP contribution in [0.3, 0.4) is 0 Å². The molecule has 1 aliphatic rings. The number of hydrogen-bond donors (Lipinski definition) is 2. The van der Waals surface area contributed by atoms with Crippen molar-refractivity contribution in [2.24, 2.45) is 5.92 Å². The summed E-state index contributed by atoms with van der Waals surface area (Å²) in [6.07, 6.45) is 2.54. The number of nitrogens with one attached hydrogen (secondary N) is 2. The molecule has 0 spiro atoms. The number of amides is 1. The van der Waals surface area contributed by atoms with Gasteiger partial charge in [-0.3, -0.25) is 19.4 Å². The van der Waals surface area contributed by atoms with Crippen molar-refractivity contribution < 1.29 is 4.79 Å². The fourth-order valence-electron chi connectivity index (χ4n) is 3.87. The lowest BCUT2D eigenvalue weighted by atomic mass is 10.0. The van der Waals surface area contributed by atoms with Gasteiger partial charge < -0.3 is 5.32 Å². The number of piperidine rings is 1. The Morgan fingerprint density at radius 2 is 2.30 bits per heavy atom. The third-order valence-electron chi connectivity index (χ3n) is 5.26. The minimum absolute atomic E-state index is 0.0805. The van der Waals surface area contributed by atoms with Gasteiger partial charge in [0.15, 0.2) is 15.7 Å². The summed E-state index contributed by atoms with van der Waals surface area (Å²) in [5.74, 6) is 1.21. The summed E-state index contributed by atoms with van der Waals surface area (Å²) < 4.78 is 2.13. The Morgan fingerprint density at radius 1 is 1.43 bits per heavy atom. The first kappa shape index (κ1) is 20.9. The largest absolute Gasteiger partial charge is 0.300 e. The zero-order valence-corrected chi connectivity index (χ0v) is 18.9. The highest BCUT2D eigenvalue weighted by Gasteiger charge is 2.18. The van der Waals surface area contributed by atoms with Crippen LogP contribution in [0, 0.1) is 17.6 Å². The first-order valence-corrected chi connectivity index (χ1v) is 11.5. The van der Waals surface area contributed by atoms with Crippen molar-refractivity contribution in [2.45, 2.75) is 39.8 Å². The van der Waals surface area contributed by atoms with Crippen molar-refractivity contribution in [1.29, 1.82) is 0 Å². The summed E-state index contributed by atoms with van der Waals surface area (Å²) in [4.78, 5) is 19.7. The maximum Gasteiger partial charge on any atom is 0.246 e. The monoisotopic (exact) mass is 442 g/mol. The smallest absolute Gasteiger partial charge is 0.246 e. The van der Waals surface area contributed by atoms with Gasteiger partial charge in [0.1, 0.15) is 6.54 Å². The van der Waals surface area contributed by atoms with Crippen molar-refractivity contribution in [1.82, 2.24) is 24.6 Å². The van der Waals surface area contributed by atoms with Crippen molar-refractivity contribution in [2.75, 3.05) is 18.4 Å². The number of H-pyrrole nitrogens is 1. The van der Waals surface area contributed by atoms with Gasteiger partial charge in [-0.2, -0.15) is 5.10 Å². The lowest BCUT2D eigenvalue weighted by Gasteiger charge is -2.30. The van der Waals surface area contributed by atoms with E-state index in [1.165, 1.54) is 24.2 Å². The number of rotatable bonds is 6. The summed E-state index contributed by atoms with van der Waals surface area (Å²) in [5.41, 5.74) is 3.04. The molecular formula is C21H26N6OS2. The van der Waals surface area contributed by atoms with E-state index in [0.29, 0.717) is 15.7 Å². The van der Waals surface area contributed by atoms with E-state index in [2.05, 4.69) is 32.3 Å². The van der Waals surface area contributed by atoms with Crippen molar-refractivity contribution in [3.63, 3.8) is 0 Å². The van der Waals surface area contributed by atoms with E-state index in [9.17, 15) is 4.79 Å². The van der Waals surface area contributed by atoms with E-state index in [1.807, 2.05) is 36.6 Å². The Morgan fingerprint density at radius 3 is 3.10 bits per heavy atom. The number of carbonyl (C=O) groups is 1. The third kappa shape index (κ3) is 5.03. The fraction of sp³-hybridized carbons (Fsp3) is 0.429. The summed E-state index contributed by atoms with van der Waals surface area (Å²) in [6.45, 7) is 7.46. The molecule has 158 valence electrons. The van der Waals surface area contributed by atoms with E-state index >= 15 is 0 Å². The van der Waals surface area contributed by atoms with Crippen LogP contribution in [0.4, 0.5) is 5.13 Å². The summed E-state index contributed by atoms with van der Waals surface area (Å²) in [6, 6.07) is 7.97. The first-order valence-electron chi connectivity index (χ1n) is 10.2. The molecule has 1 aliphatic heterocycles. The molecule has 7 nitrogen and oxygen atoms in total. The molecule has 9 heteroatoms. The standard InChI is InChI=1S/C21H26N6OS2/c1-14-5-3-7-16(9-14)19-24-25-21(29)27(19)12-18(28)23-20-22-17(13-30-20)11-26-8-4-6-15(2)10-26/h3,5,7,9,13,15H,4,6,8,10-12H2,1-2H3,(H,25,29)(H,22,23,28)/t15-/m0/s1. The maximum atomic E-state index is 12.7. The molecule has 2 N–H and O–H groups in total. The molecule has 1 saturated heterocycles. The number of thiazole rings is 1. The van der Waals surface area contributed by atoms with Crippen LogP contribution in [0.15, 0.2) is 29.6 Å². The summed E-state index contributed by atoms with van der Waals surface area (Å²) in [5, 5.41) is 12.7. The maximum absolute atomic E-state index is 12.7. The first-order chi connectivity index (χ1) is 14.5. The third-order valence-corrected chi connectivity index (χ3v) is 6.38. The van der Waals surface area contributed by atoms with Crippen LogP contribution in [0.25, 0.3) is 11.4 Å². The Hall–Kier alpha value is -2.36. The van der Waals surface area contributed by atoms with Gasteiger partial charge in [0.05, 0.1) is 5.69 Å². The second kappa shape index (κ2) is 9.20. The number of aromatic amines is 1. The van der Waals surface area contributed by atoms with Crippen LogP contribution >= 0.6 is 23.6 Å². The predicted molar refractivity (Wildman–Crippen MR) is 122 cm³/mol. The molecule has 2 aromatic heterocycles. The molecule has 0 radical (unpaired) electrons. The highest BCUT2D eigenvalue weighted by atomic mass is 32.1. The molecule has 1 atom stereocenters. The van der Waals surface area contributed by atoms with E-state index in [0.717, 1.165) is 42.4 Å². The van der Waals surface area contributed by atoms with Gasteiger partial charge >= 0.3 is 0 Å². The molecule has 0 unspecified atom stereocenters. The van der Waals surface area contributed by atoms with Crippen LogP contribution in [0.1, 0.15) is 31.0 Å². The van der Waals surface area contributed by atoms with Crippen LogP contribution in [0.5, 0.6) is 0 Å². The number of benzene rings is 1. The zero-order chi connectivity index (χ0) is 21.1. The minimum atomic E-state index is -0.172. The zero-order valence-electron chi connectivity index (χ0n) is 17.2. The van der Waals surface area contributed by atoms with Crippen LogP contribution in [0.2, 0.25) is 0 Å². The Balaban J connectivity index is 1.41. The molecule has 3 aromatic rings. The molecule has 4 rings (SSSR count). The molecule has 3 heterocycles. The molecule has 1 aromatic carbocycles. The molecule has 0 bridgehead atoms. The highest BCUT2D eigenvalue weighted by Crippen LogP contribution is 2.22. The molecule has 0 aliphatic carbocycles. The normalized spacial score (nSPS) is 17.2. The molecular weight excluding hydrogens is 416 g/mol. The number of hydrogen-bond acceptors (Lipinski definition) is 6. The Kier molecular flexibility index (Phi) is 6.40. The molecule has 1 fully saturated rings. The number of anilines is 1. The number of aromatic nitrogens is 4. The van der Waals surface area contributed by atoms with Gasteiger partial charge in [0, 0.05) is 24.0 Å². The van der Waals surface area contributed by atoms with Crippen molar-refractivity contribution in [3.05, 3.63) is 45.7 Å². The van der Waals surface area contributed by atoms with Crippen LogP contribution in [-0.2, 0) is 17.9 Å². The van der Waals surface area contributed by atoms with Gasteiger partial charge in [-0.05, 0) is 50.5 Å². The van der Waals surface area contributed by atoms with Gasteiger partial charge in [0.25, 0.3) is 0 Å².